The third-order valence-corrected chi connectivity index (χ3v) is 6.97. The van der Waals surface area contributed by atoms with Crippen molar-refractivity contribution in [3.63, 3.8) is 0 Å². The molecule has 9 heteroatoms. The van der Waals surface area contributed by atoms with E-state index in [4.69, 9.17) is 23.9 Å². The highest BCUT2D eigenvalue weighted by Crippen LogP contribution is 2.22. The van der Waals surface area contributed by atoms with E-state index in [-0.39, 0.29) is 23.6 Å². The van der Waals surface area contributed by atoms with Crippen LogP contribution in [0.3, 0.4) is 0 Å². The van der Waals surface area contributed by atoms with Crippen LogP contribution in [0.5, 0.6) is 5.75 Å². The van der Waals surface area contributed by atoms with Gasteiger partial charge in [0.15, 0.2) is 6.56 Å². The number of rotatable bonds is 15. The number of hydrogen-bond acceptors (Lipinski definition) is 5. The molecular weight excluding hydrogens is 580 g/mol. The van der Waals surface area contributed by atoms with Gasteiger partial charge >= 0.3 is 6.03 Å². The Hall–Kier alpha value is -4.37. The van der Waals surface area contributed by atoms with Crippen LogP contribution >= 0.6 is 0 Å². The molecule has 1 aliphatic heterocycles. The van der Waals surface area contributed by atoms with Crippen molar-refractivity contribution in [1.82, 2.24) is 20.9 Å². The lowest BCUT2D eigenvalue weighted by atomic mass is 9.92. The standard InChI is InChI=1S/C37H48N4O5/c1-25(2)34(41-20-12-19-38-37(41)45)36(44)39-30(21-28-15-7-5-8-16-28)23-32(42)31(22-29-17-9-6-10-18-29)40-33(43)24-46-35-26(3)13-11-14-27(35)4/h5-11,13-18,25,30-32,34,42H,12,19-24H2,1-4H3,(H,38,45)(H,39,44)(H,40,43)/t30-,31-,32-,34-/m0/s1/i1D3,2D3,6D,9D,10D,17D,18D,22D2,24D2,25D,31D,34D. The first-order valence-electron chi connectivity index (χ1n) is 23.5. The molecule has 0 aromatic heterocycles. The molecule has 4 amide bonds. The summed E-state index contributed by atoms with van der Waals surface area (Å²) in [6.45, 7) is -8.96. The molecule has 1 heterocycles. The molecule has 46 heavy (non-hydrogen) atoms. The van der Waals surface area contributed by atoms with Crippen LogP contribution in [0, 0.1) is 19.7 Å². The number of nitrogens with one attached hydrogen (secondary N) is 3. The second-order valence-corrected chi connectivity index (χ2v) is 10.5. The van der Waals surface area contributed by atoms with E-state index in [0.717, 1.165) is 0 Å². The van der Waals surface area contributed by atoms with Crippen LogP contribution in [0.15, 0.2) is 78.7 Å². The summed E-state index contributed by atoms with van der Waals surface area (Å²) in [5.74, 6) is -7.97. The smallest absolute Gasteiger partial charge is 0.318 e. The third-order valence-electron chi connectivity index (χ3n) is 6.97. The molecule has 1 saturated heterocycles. The van der Waals surface area contributed by atoms with Gasteiger partial charge in [0.25, 0.3) is 5.91 Å². The van der Waals surface area contributed by atoms with Crippen molar-refractivity contribution < 1.29 is 48.9 Å². The number of aliphatic hydroxyl groups is 1. The minimum absolute atomic E-state index is 0.0246. The van der Waals surface area contributed by atoms with Gasteiger partial charge in [0.2, 0.25) is 5.91 Å². The summed E-state index contributed by atoms with van der Waals surface area (Å²) in [5.41, 5.74) is -0.252. The van der Waals surface area contributed by atoms with Gasteiger partial charge in [-0.3, -0.25) is 9.59 Å². The zero-order valence-corrected chi connectivity index (χ0v) is 25.3. The summed E-state index contributed by atoms with van der Waals surface area (Å²) in [6, 6.07) is -3.84. The lowest BCUT2D eigenvalue weighted by molar-refractivity contribution is -0.128. The lowest BCUT2D eigenvalue weighted by Crippen LogP contribution is -2.59. The van der Waals surface area contributed by atoms with Gasteiger partial charge in [-0.2, -0.15) is 0 Å². The first-order chi connectivity index (χ1) is 29.2. The monoisotopic (exact) mass is 646 g/mol. The largest absolute Gasteiger partial charge is 0.483 e. The maximum atomic E-state index is 14.6. The fraction of sp³-hybridized carbons (Fsp3) is 0.432. The molecular formula is C37H48N4O5. The van der Waals surface area contributed by atoms with Gasteiger partial charge in [-0.15, -0.1) is 0 Å². The molecule has 4 N–H and O–H groups in total. The number of para-hydroxylation sites is 1. The van der Waals surface area contributed by atoms with E-state index in [0.29, 0.717) is 16.7 Å². The Morgan fingerprint density at radius 1 is 1.07 bits per heavy atom. The van der Waals surface area contributed by atoms with Crippen LogP contribution in [0.2, 0.25) is 0 Å². The number of aryl methyl sites for hydroxylation is 2. The molecule has 0 aliphatic carbocycles. The Morgan fingerprint density at radius 2 is 1.78 bits per heavy atom. The van der Waals surface area contributed by atoms with Crippen molar-refractivity contribution >= 4 is 17.8 Å². The SMILES string of the molecule is [2H]c1c([2H])c([2H])c(C([2H])([2H])[C@]([2H])(NC(=O)C([2H])([2H])Oc2c(C)cccc2C)[C@@H](O)C[C@H](Cc2ccccc2)NC(=O)[C@@]([2H])(N2CCCNC2=O)C([2H])(C([2H])([2H])[2H])C([2H])([2H])[2H])c([2H])c1[2H]. The molecule has 246 valence electrons. The number of carbonyl (C=O) groups excluding carboxylic acids is 3. The summed E-state index contributed by atoms with van der Waals surface area (Å²) in [5, 5.41) is 18.5. The number of urea groups is 1. The number of amides is 4. The van der Waals surface area contributed by atoms with E-state index in [1.165, 1.54) is 50.2 Å². The molecule has 0 bridgehead atoms. The van der Waals surface area contributed by atoms with Crippen molar-refractivity contribution in [1.29, 1.82) is 0 Å². The Labute approximate surface area is 298 Å². The molecule has 0 unspecified atom stereocenters. The van der Waals surface area contributed by atoms with E-state index < -0.39 is 130 Å². The van der Waals surface area contributed by atoms with Gasteiger partial charge in [0.1, 0.15) is 11.8 Å². The van der Waals surface area contributed by atoms with Gasteiger partial charge in [-0.05, 0) is 67.6 Å². The summed E-state index contributed by atoms with van der Waals surface area (Å²) < 4.78 is 159. The first-order valence-corrected chi connectivity index (χ1v) is 14.5. The number of nitrogens with zero attached hydrogens (tertiary/aromatic N) is 1. The average Bonchev–Trinajstić information content (AvgIpc) is 3.19. The van der Waals surface area contributed by atoms with E-state index in [1.807, 2.05) is 0 Å². The topological polar surface area (TPSA) is 120 Å². The molecule has 3 aromatic carbocycles. The third kappa shape index (κ3) is 9.81. The Morgan fingerprint density at radius 3 is 2.46 bits per heavy atom. The minimum atomic E-state index is -4.08. The van der Waals surface area contributed by atoms with Gasteiger partial charge in [-0.1, -0.05) is 92.4 Å². The van der Waals surface area contributed by atoms with Crippen LogP contribution in [0.25, 0.3) is 0 Å². The van der Waals surface area contributed by atoms with E-state index >= 15 is 0 Å². The van der Waals surface area contributed by atoms with Crippen molar-refractivity contribution in [3.05, 3.63) is 101 Å². The Kier molecular flexibility index (Phi) is 6.40. The maximum Gasteiger partial charge on any atom is 0.318 e. The predicted octanol–water partition coefficient (Wildman–Crippen LogP) is 4.33. The fourth-order valence-corrected chi connectivity index (χ4v) is 4.80. The zero-order valence-electron chi connectivity index (χ0n) is 43.3. The lowest BCUT2D eigenvalue weighted by Gasteiger charge is -2.37. The van der Waals surface area contributed by atoms with Crippen LogP contribution in [-0.4, -0.2) is 71.7 Å². The summed E-state index contributed by atoms with van der Waals surface area (Å²) in [4.78, 5) is 42.1. The molecule has 3 aromatic rings. The highest BCUT2D eigenvalue weighted by Gasteiger charge is 2.35. The summed E-state index contributed by atoms with van der Waals surface area (Å²) in [6.07, 6.45) is -8.15. The molecule has 0 radical (unpaired) electrons. The molecule has 4 atom stereocenters. The minimum Gasteiger partial charge on any atom is -0.483 e. The molecule has 9 nitrogen and oxygen atoms in total. The van der Waals surface area contributed by atoms with Gasteiger partial charge < -0.3 is 30.7 Å². The molecule has 0 saturated carbocycles. The number of aliphatic hydroxyl groups excluding tert-OH is 1. The Bertz CT molecular complexity index is 2180. The fourth-order valence-electron chi connectivity index (χ4n) is 4.80. The van der Waals surface area contributed by atoms with Gasteiger partial charge in [0.05, 0.1) is 24.5 Å². The van der Waals surface area contributed by atoms with Gasteiger partial charge in [0, 0.05) is 31.5 Å². The highest BCUT2D eigenvalue weighted by molar-refractivity contribution is 5.87. The zero-order chi connectivity index (χ0) is 48.8. The number of ether oxygens (including phenoxy) is 1. The van der Waals surface area contributed by atoms with Crippen molar-refractivity contribution in [2.24, 2.45) is 5.89 Å². The van der Waals surface area contributed by atoms with E-state index in [2.05, 4.69) is 10.6 Å². The normalized spacial score (nSPS) is 24.2. The summed E-state index contributed by atoms with van der Waals surface area (Å²) in [7, 11) is 0. The Balaban J connectivity index is 1.94. The number of benzene rings is 3. The molecule has 0 spiro atoms. The van der Waals surface area contributed by atoms with E-state index in [1.54, 1.807) is 17.4 Å². The quantitative estimate of drug-likeness (QED) is 0.196. The molecule has 4 rings (SSSR count). The summed E-state index contributed by atoms with van der Waals surface area (Å²) >= 11 is 0. The average molecular weight is 647 g/mol. The number of carbonyl (C=O) groups is 3. The second kappa shape index (κ2) is 16.8. The van der Waals surface area contributed by atoms with Crippen molar-refractivity contribution in [2.75, 3.05) is 19.6 Å². The van der Waals surface area contributed by atoms with Gasteiger partial charge in [-0.25, -0.2) is 4.79 Å². The van der Waals surface area contributed by atoms with Crippen molar-refractivity contribution in [2.45, 2.75) is 77.4 Å². The predicted molar refractivity (Wildman–Crippen MR) is 180 cm³/mol. The van der Waals surface area contributed by atoms with E-state index in [9.17, 15) is 25.0 Å². The van der Waals surface area contributed by atoms with Crippen LogP contribution in [0.1, 0.15) is 73.5 Å². The molecule has 1 fully saturated rings. The number of hydrogen-bond donors (Lipinski definition) is 4. The van der Waals surface area contributed by atoms with Crippen LogP contribution < -0.4 is 20.7 Å². The van der Waals surface area contributed by atoms with Crippen LogP contribution in [-0.2, 0) is 22.4 Å². The second-order valence-electron chi connectivity index (χ2n) is 10.5. The first kappa shape index (κ1) is 17.5. The maximum absolute atomic E-state index is 14.6. The highest BCUT2D eigenvalue weighted by atomic mass is 16.5. The molecule has 1 aliphatic rings. The van der Waals surface area contributed by atoms with Crippen molar-refractivity contribution in [3.8, 4) is 5.75 Å². The van der Waals surface area contributed by atoms with Crippen LogP contribution in [0.4, 0.5) is 4.79 Å².